The van der Waals surface area contributed by atoms with Crippen LogP contribution in [0.15, 0.2) is 23.3 Å². The number of aliphatic hydroxyl groups is 1. The summed E-state index contributed by atoms with van der Waals surface area (Å²) in [5, 5.41) is 12.6. The van der Waals surface area contributed by atoms with Crippen molar-refractivity contribution >= 4 is 5.91 Å². The second-order valence-electron chi connectivity index (χ2n) is 5.44. The topological polar surface area (TPSA) is 102 Å². The van der Waals surface area contributed by atoms with E-state index < -0.39 is 6.10 Å². The number of hydrogen-bond acceptors (Lipinski definition) is 5. The monoisotopic (exact) mass is 319 g/mol. The zero-order valence-electron chi connectivity index (χ0n) is 13.5. The van der Waals surface area contributed by atoms with Gasteiger partial charge in [0.1, 0.15) is 11.9 Å². The van der Waals surface area contributed by atoms with E-state index in [0.29, 0.717) is 11.5 Å². The molecule has 0 radical (unpaired) electrons. The molecule has 2 aromatic rings. The Labute approximate surface area is 133 Å². The molecule has 2 heterocycles. The van der Waals surface area contributed by atoms with E-state index in [1.54, 1.807) is 43.9 Å². The van der Waals surface area contributed by atoms with Gasteiger partial charge in [0.25, 0.3) is 0 Å². The van der Waals surface area contributed by atoms with Crippen LogP contribution in [0.1, 0.15) is 29.7 Å². The van der Waals surface area contributed by atoms with Gasteiger partial charge in [-0.3, -0.25) is 9.36 Å². The first-order valence-corrected chi connectivity index (χ1v) is 7.35. The maximum absolute atomic E-state index is 11.9. The fourth-order valence-corrected chi connectivity index (χ4v) is 2.35. The Hall–Kier alpha value is -2.48. The summed E-state index contributed by atoms with van der Waals surface area (Å²) in [6, 6.07) is 1.80. The number of nitrogens with zero attached hydrogens (tertiary/aromatic N) is 4. The van der Waals surface area contributed by atoms with Crippen molar-refractivity contribution in [3.8, 4) is 0 Å². The highest BCUT2D eigenvalue weighted by atomic mass is 16.3. The average molecular weight is 319 g/mol. The third-order valence-electron chi connectivity index (χ3n) is 3.56. The van der Waals surface area contributed by atoms with Crippen molar-refractivity contribution in [2.45, 2.75) is 32.9 Å². The van der Waals surface area contributed by atoms with Crippen LogP contribution in [0.4, 0.5) is 0 Å². The average Bonchev–Trinajstić information content (AvgIpc) is 2.89. The summed E-state index contributed by atoms with van der Waals surface area (Å²) in [5.41, 5.74) is 1.07. The Morgan fingerprint density at radius 2 is 2.17 bits per heavy atom. The Morgan fingerprint density at radius 3 is 2.78 bits per heavy atom. The van der Waals surface area contributed by atoms with Gasteiger partial charge in [0, 0.05) is 43.8 Å². The van der Waals surface area contributed by atoms with E-state index in [9.17, 15) is 14.7 Å². The van der Waals surface area contributed by atoms with E-state index in [1.807, 2.05) is 0 Å². The molecule has 8 nitrogen and oxygen atoms in total. The summed E-state index contributed by atoms with van der Waals surface area (Å²) in [6.07, 6.45) is 2.57. The van der Waals surface area contributed by atoms with E-state index in [-0.39, 0.29) is 31.1 Å². The summed E-state index contributed by atoms with van der Waals surface area (Å²) in [7, 11) is 1.77. The molecule has 0 bridgehead atoms. The van der Waals surface area contributed by atoms with Crippen molar-refractivity contribution < 1.29 is 9.90 Å². The van der Waals surface area contributed by atoms with Gasteiger partial charge < -0.3 is 15.0 Å². The number of aliphatic hydroxyl groups excluding tert-OH is 1. The molecule has 0 spiro atoms. The van der Waals surface area contributed by atoms with Crippen LogP contribution in [0.5, 0.6) is 0 Å². The van der Waals surface area contributed by atoms with Crippen LogP contribution in [0.2, 0.25) is 0 Å². The van der Waals surface area contributed by atoms with Crippen LogP contribution in [0.3, 0.4) is 0 Å². The molecule has 8 heteroatoms. The standard InChI is InChI=1S/C15H21N5O3/c1-10-8-11(2)20(15(23)18-10)6-4-13(22)17-9-12(21)14-16-5-7-19(14)3/h5,7-8,12,21H,4,6,9H2,1-3H3,(H,17,22). The fraction of sp³-hybridized carbons (Fsp3) is 0.467. The van der Waals surface area contributed by atoms with Crippen molar-refractivity contribution in [2.75, 3.05) is 6.54 Å². The molecule has 124 valence electrons. The maximum Gasteiger partial charge on any atom is 0.347 e. The van der Waals surface area contributed by atoms with Crippen LogP contribution in [-0.2, 0) is 18.4 Å². The van der Waals surface area contributed by atoms with Crippen LogP contribution < -0.4 is 11.0 Å². The molecule has 2 rings (SSSR count). The lowest BCUT2D eigenvalue weighted by molar-refractivity contribution is -0.121. The van der Waals surface area contributed by atoms with Gasteiger partial charge in [-0.15, -0.1) is 0 Å². The van der Waals surface area contributed by atoms with Gasteiger partial charge in [-0.05, 0) is 19.9 Å². The molecule has 0 fully saturated rings. The third kappa shape index (κ3) is 4.26. The summed E-state index contributed by atoms with van der Waals surface area (Å²) in [5.74, 6) is 0.241. The minimum atomic E-state index is -0.871. The molecule has 0 aromatic carbocycles. The first-order chi connectivity index (χ1) is 10.9. The minimum Gasteiger partial charge on any atom is -0.383 e. The molecule has 1 atom stereocenters. The summed E-state index contributed by atoms with van der Waals surface area (Å²) >= 11 is 0. The number of hydrogen-bond donors (Lipinski definition) is 2. The van der Waals surface area contributed by atoms with Crippen molar-refractivity contribution in [3.63, 3.8) is 0 Å². The number of imidazole rings is 1. The summed E-state index contributed by atoms with van der Waals surface area (Å²) in [4.78, 5) is 31.6. The van der Waals surface area contributed by atoms with E-state index >= 15 is 0 Å². The molecule has 2 N–H and O–H groups in total. The Kier molecular flexibility index (Phi) is 5.28. The van der Waals surface area contributed by atoms with E-state index in [1.165, 1.54) is 4.57 Å². The van der Waals surface area contributed by atoms with Crippen molar-refractivity contribution in [3.05, 3.63) is 46.2 Å². The normalized spacial score (nSPS) is 12.2. The van der Waals surface area contributed by atoms with Crippen LogP contribution >= 0.6 is 0 Å². The number of carbonyl (C=O) groups excluding carboxylic acids is 1. The number of amides is 1. The van der Waals surface area contributed by atoms with E-state index in [2.05, 4.69) is 15.3 Å². The van der Waals surface area contributed by atoms with Crippen LogP contribution in [0, 0.1) is 13.8 Å². The summed E-state index contributed by atoms with van der Waals surface area (Å²) < 4.78 is 3.15. The highest BCUT2D eigenvalue weighted by molar-refractivity contribution is 5.75. The zero-order valence-corrected chi connectivity index (χ0v) is 13.5. The molecule has 0 aliphatic heterocycles. The number of carbonyl (C=O) groups is 1. The second kappa shape index (κ2) is 7.19. The predicted molar refractivity (Wildman–Crippen MR) is 83.8 cm³/mol. The van der Waals surface area contributed by atoms with E-state index in [4.69, 9.17) is 0 Å². The number of rotatable bonds is 6. The molecule has 1 amide bonds. The van der Waals surface area contributed by atoms with Gasteiger partial charge in [-0.2, -0.15) is 4.98 Å². The Morgan fingerprint density at radius 1 is 1.43 bits per heavy atom. The quantitative estimate of drug-likeness (QED) is 0.770. The fourth-order valence-electron chi connectivity index (χ4n) is 2.35. The second-order valence-corrected chi connectivity index (χ2v) is 5.44. The number of nitrogens with one attached hydrogen (secondary N) is 1. The van der Waals surface area contributed by atoms with Gasteiger partial charge in [-0.1, -0.05) is 0 Å². The molecule has 2 aromatic heterocycles. The molecule has 0 aliphatic rings. The maximum atomic E-state index is 11.9. The molecule has 23 heavy (non-hydrogen) atoms. The van der Waals surface area contributed by atoms with Crippen molar-refractivity contribution in [2.24, 2.45) is 7.05 Å². The molecule has 0 saturated carbocycles. The lowest BCUT2D eigenvalue weighted by Gasteiger charge is -2.13. The smallest absolute Gasteiger partial charge is 0.347 e. The highest BCUT2D eigenvalue weighted by Crippen LogP contribution is 2.07. The third-order valence-corrected chi connectivity index (χ3v) is 3.56. The number of aromatic nitrogens is 4. The lowest BCUT2D eigenvalue weighted by Crippen LogP contribution is -2.32. The van der Waals surface area contributed by atoms with Gasteiger partial charge in [0.2, 0.25) is 5.91 Å². The molecular formula is C15H21N5O3. The summed E-state index contributed by atoms with van der Waals surface area (Å²) in [6.45, 7) is 3.88. The zero-order chi connectivity index (χ0) is 17.0. The van der Waals surface area contributed by atoms with Gasteiger partial charge in [-0.25, -0.2) is 9.78 Å². The lowest BCUT2D eigenvalue weighted by atomic mass is 10.3. The molecular weight excluding hydrogens is 298 g/mol. The first-order valence-electron chi connectivity index (χ1n) is 7.35. The van der Waals surface area contributed by atoms with Gasteiger partial charge >= 0.3 is 5.69 Å². The van der Waals surface area contributed by atoms with Crippen LogP contribution in [-0.4, -0.2) is 36.7 Å². The minimum absolute atomic E-state index is 0.0731. The molecule has 0 saturated heterocycles. The van der Waals surface area contributed by atoms with Crippen molar-refractivity contribution in [1.82, 2.24) is 24.4 Å². The SMILES string of the molecule is Cc1cc(C)n(CCC(=O)NCC(O)c2nccn2C)c(=O)n1. The Balaban J connectivity index is 1.87. The highest BCUT2D eigenvalue weighted by Gasteiger charge is 2.14. The molecule has 1 unspecified atom stereocenters. The van der Waals surface area contributed by atoms with Crippen molar-refractivity contribution in [1.29, 1.82) is 0 Å². The van der Waals surface area contributed by atoms with E-state index in [0.717, 1.165) is 5.69 Å². The van der Waals surface area contributed by atoms with Gasteiger partial charge in [0.05, 0.1) is 6.54 Å². The van der Waals surface area contributed by atoms with Gasteiger partial charge in [0.15, 0.2) is 0 Å². The molecule has 0 aliphatic carbocycles. The Bertz CT molecular complexity index is 750. The largest absolute Gasteiger partial charge is 0.383 e. The first kappa shape index (κ1) is 16.9. The predicted octanol–water partition coefficient (Wildman–Crippen LogP) is -0.166. The van der Waals surface area contributed by atoms with Crippen LogP contribution in [0.25, 0.3) is 0 Å². The number of aryl methyl sites for hydroxylation is 3.